The molecule has 206 valence electrons. The number of hydrogen-bond donors (Lipinski definition) is 1. The summed E-state index contributed by atoms with van der Waals surface area (Å²) in [5, 5.41) is 14.2. The van der Waals surface area contributed by atoms with Crippen molar-refractivity contribution >= 4 is 17.1 Å². The summed E-state index contributed by atoms with van der Waals surface area (Å²) in [7, 11) is 1.22. The number of aromatic amines is 1. The highest BCUT2D eigenvalue weighted by Crippen LogP contribution is 2.30. The number of tetrazole rings is 1. The Balaban J connectivity index is 1.61. The molecule has 0 spiro atoms. The monoisotopic (exact) mass is 542 g/mol. The van der Waals surface area contributed by atoms with E-state index in [1.54, 1.807) is 0 Å². The van der Waals surface area contributed by atoms with Crippen LogP contribution in [0.2, 0.25) is 0 Å². The van der Waals surface area contributed by atoms with Crippen molar-refractivity contribution in [1.82, 2.24) is 39.3 Å². The Kier molecular flexibility index (Phi) is 7.41. The number of nitrogens with one attached hydrogen (secondary N) is 1. The second-order valence-corrected chi connectivity index (χ2v) is 9.78. The number of aromatic nitrogens is 8. The lowest BCUT2D eigenvalue weighted by Crippen LogP contribution is -2.42. The number of ether oxygens (including phenoxy) is 1. The van der Waals surface area contributed by atoms with Gasteiger partial charge in [0, 0.05) is 24.6 Å². The number of imidazole rings is 1. The van der Waals surface area contributed by atoms with Crippen molar-refractivity contribution in [3.63, 3.8) is 0 Å². The molecule has 0 amide bonds. The highest BCUT2D eigenvalue weighted by atomic mass is 16.5. The van der Waals surface area contributed by atoms with Crippen molar-refractivity contribution in [3.8, 4) is 22.5 Å². The smallest absolute Gasteiger partial charge is 0.333 e. The first-order chi connectivity index (χ1) is 19.3. The third kappa shape index (κ3) is 4.83. The van der Waals surface area contributed by atoms with Gasteiger partial charge in [-0.1, -0.05) is 69.3 Å². The molecule has 12 heteroatoms. The van der Waals surface area contributed by atoms with E-state index in [-0.39, 0.29) is 11.4 Å². The van der Waals surface area contributed by atoms with Crippen LogP contribution in [0.4, 0.5) is 0 Å². The van der Waals surface area contributed by atoms with Crippen LogP contribution in [-0.4, -0.2) is 52.4 Å². The third-order valence-electron chi connectivity index (χ3n) is 6.76. The minimum atomic E-state index is -0.672. The summed E-state index contributed by atoms with van der Waals surface area (Å²) in [6.07, 6.45) is 0.655. The maximum Gasteiger partial charge on any atom is 0.333 e. The SMILES string of the molecule is CCCn1c(=O)n(CC(=O)OC)c(=O)c2c1nc(C(C)C)n2Cc1ccc(-c2ccccc2-c2nnn[nH]2)cc1. The number of benzene rings is 2. The molecule has 5 rings (SSSR count). The van der Waals surface area contributed by atoms with Crippen LogP contribution in [0.1, 0.15) is 44.5 Å². The van der Waals surface area contributed by atoms with Crippen molar-refractivity contribution in [1.29, 1.82) is 0 Å². The van der Waals surface area contributed by atoms with E-state index in [0.717, 1.165) is 26.8 Å². The van der Waals surface area contributed by atoms with E-state index in [9.17, 15) is 14.4 Å². The number of carbonyl (C=O) groups excluding carboxylic acids is 1. The topological polar surface area (TPSA) is 143 Å². The van der Waals surface area contributed by atoms with Crippen LogP contribution in [0.5, 0.6) is 0 Å². The summed E-state index contributed by atoms with van der Waals surface area (Å²) < 4.78 is 9.00. The van der Waals surface area contributed by atoms with Crippen LogP contribution in [0.3, 0.4) is 0 Å². The fourth-order valence-electron chi connectivity index (χ4n) is 4.85. The van der Waals surface area contributed by atoms with E-state index in [1.807, 2.05) is 73.9 Å². The maximum atomic E-state index is 13.7. The average molecular weight is 543 g/mol. The average Bonchev–Trinajstić information content (AvgIpc) is 3.63. The highest BCUT2D eigenvalue weighted by Gasteiger charge is 2.24. The van der Waals surface area contributed by atoms with Gasteiger partial charge in [-0.05, 0) is 33.5 Å². The zero-order valence-electron chi connectivity index (χ0n) is 22.8. The molecule has 0 saturated carbocycles. The molecular weight excluding hydrogens is 512 g/mol. The van der Waals surface area contributed by atoms with Gasteiger partial charge in [-0.25, -0.2) is 19.4 Å². The van der Waals surface area contributed by atoms with E-state index < -0.39 is 23.8 Å². The molecule has 0 saturated heterocycles. The summed E-state index contributed by atoms with van der Waals surface area (Å²) in [5.41, 5.74) is 3.24. The van der Waals surface area contributed by atoms with Gasteiger partial charge in [-0.2, -0.15) is 0 Å². The maximum absolute atomic E-state index is 13.7. The van der Waals surface area contributed by atoms with E-state index in [4.69, 9.17) is 9.72 Å². The van der Waals surface area contributed by atoms with Gasteiger partial charge in [0.2, 0.25) is 0 Å². The first-order valence-electron chi connectivity index (χ1n) is 13.1. The molecule has 0 aliphatic carbocycles. The first kappa shape index (κ1) is 26.7. The number of esters is 1. The largest absolute Gasteiger partial charge is 0.468 e. The number of fused-ring (bicyclic) bond motifs is 1. The second kappa shape index (κ2) is 11.1. The number of aryl methyl sites for hydroxylation is 1. The second-order valence-electron chi connectivity index (χ2n) is 9.78. The number of methoxy groups -OCH3 is 1. The molecule has 0 fully saturated rings. The highest BCUT2D eigenvalue weighted by molar-refractivity contribution is 5.80. The van der Waals surface area contributed by atoms with Crippen molar-refractivity contribution in [2.24, 2.45) is 0 Å². The number of rotatable bonds is 9. The van der Waals surface area contributed by atoms with Gasteiger partial charge in [0.15, 0.2) is 17.0 Å². The zero-order chi connectivity index (χ0) is 28.4. The lowest BCUT2D eigenvalue weighted by Gasteiger charge is -2.14. The van der Waals surface area contributed by atoms with Gasteiger partial charge in [0.1, 0.15) is 12.4 Å². The summed E-state index contributed by atoms with van der Waals surface area (Å²) in [4.78, 5) is 43.7. The summed E-state index contributed by atoms with van der Waals surface area (Å²) in [6.45, 7) is 6.17. The normalized spacial score (nSPS) is 11.4. The molecule has 0 aliphatic rings. The predicted molar refractivity (Wildman–Crippen MR) is 149 cm³/mol. The van der Waals surface area contributed by atoms with Gasteiger partial charge in [0.05, 0.1) is 7.11 Å². The van der Waals surface area contributed by atoms with E-state index in [1.165, 1.54) is 11.7 Å². The Morgan fingerprint density at radius 2 is 1.73 bits per heavy atom. The van der Waals surface area contributed by atoms with E-state index >= 15 is 0 Å². The Morgan fingerprint density at radius 3 is 2.35 bits per heavy atom. The number of H-pyrrole nitrogens is 1. The fraction of sp³-hybridized carbons (Fsp3) is 0.321. The van der Waals surface area contributed by atoms with Crippen LogP contribution in [0.15, 0.2) is 58.1 Å². The molecular formula is C28H30N8O4. The van der Waals surface area contributed by atoms with Gasteiger partial charge >= 0.3 is 11.7 Å². The molecule has 3 heterocycles. The van der Waals surface area contributed by atoms with Crippen LogP contribution >= 0.6 is 0 Å². The van der Waals surface area contributed by atoms with Crippen molar-refractivity contribution in [2.75, 3.05) is 7.11 Å². The summed E-state index contributed by atoms with van der Waals surface area (Å²) in [5.74, 6) is 0.563. The molecule has 0 bridgehead atoms. The minimum Gasteiger partial charge on any atom is -0.468 e. The molecule has 40 heavy (non-hydrogen) atoms. The molecule has 0 radical (unpaired) electrons. The minimum absolute atomic E-state index is 0.0206. The number of carbonyl (C=O) groups is 1. The Morgan fingerprint density at radius 1 is 1.00 bits per heavy atom. The van der Waals surface area contributed by atoms with Crippen molar-refractivity contribution < 1.29 is 9.53 Å². The van der Waals surface area contributed by atoms with Crippen molar-refractivity contribution in [3.05, 3.63) is 80.8 Å². The lowest BCUT2D eigenvalue weighted by molar-refractivity contribution is -0.141. The number of nitrogens with zero attached hydrogens (tertiary/aromatic N) is 7. The molecule has 5 aromatic rings. The third-order valence-corrected chi connectivity index (χ3v) is 6.76. The number of hydrogen-bond acceptors (Lipinski definition) is 8. The molecule has 0 aliphatic heterocycles. The van der Waals surface area contributed by atoms with E-state index in [0.29, 0.717) is 36.8 Å². The lowest BCUT2D eigenvalue weighted by atomic mass is 9.98. The predicted octanol–water partition coefficient (Wildman–Crippen LogP) is 2.96. The molecule has 12 nitrogen and oxygen atoms in total. The van der Waals surface area contributed by atoms with Gasteiger partial charge < -0.3 is 9.30 Å². The van der Waals surface area contributed by atoms with Crippen molar-refractivity contribution in [2.45, 2.75) is 52.7 Å². The molecule has 0 atom stereocenters. The summed E-state index contributed by atoms with van der Waals surface area (Å²) >= 11 is 0. The van der Waals surface area contributed by atoms with Crippen LogP contribution < -0.4 is 11.2 Å². The van der Waals surface area contributed by atoms with Crippen LogP contribution in [0, 0.1) is 0 Å². The standard InChI is InChI=1S/C28H30N8O4/c1-5-14-34-26-23(27(38)36(28(34)39)16-22(37)40-4)35(25(29-26)17(2)3)15-18-10-12-19(13-11-18)20-8-6-7-9-21(20)24-30-32-33-31-24/h6-13,17H,5,14-16H2,1-4H3,(H,30,31,32,33). The Hall–Kier alpha value is -4.87. The fourth-order valence-corrected chi connectivity index (χ4v) is 4.85. The quantitative estimate of drug-likeness (QED) is 0.280. The first-order valence-corrected chi connectivity index (χ1v) is 13.1. The summed E-state index contributed by atoms with van der Waals surface area (Å²) in [6, 6.07) is 15.8. The van der Waals surface area contributed by atoms with Gasteiger partial charge in [-0.3, -0.25) is 14.2 Å². The van der Waals surface area contributed by atoms with Gasteiger partial charge in [-0.15, -0.1) is 5.10 Å². The molecule has 0 unspecified atom stereocenters. The van der Waals surface area contributed by atoms with E-state index in [2.05, 4.69) is 20.6 Å². The molecule has 3 aromatic heterocycles. The van der Waals surface area contributed by atoms with Gasteiger partial charge in [0.25, 0.3) is 5.56 Å². The van der Waals surface area contributed by atoms with Crippen LogP contribution in [-0.2, 0) is 29.2 Å². The Bertz CT molecular complexity index is 1780. The van der Waals surface area contributed by atoms with Crippen LogP contribution in [0.25, 0.3) is 33.7 Å². The zero-order valence-corrected chi connectivity index (χ0v) is 22.8. The molecule has 1 N–H and O–H groups in total. The Labute approximate surface area is 229 Å². The molecule has 2 aromatic carbocycles.